The third-order valence-electron chi connectivity index (χ3n) is 6.93. The molecule has 17 heteroatoms. The molecule has 0 saturated carbocycles. The highest BCUT2D eigenvalue weighted by Gasteiger charge is 2.39. The summed E-state index contributed by atoms with van der Waals surface area (Å²) in [5.74, 6) is 1.26. The number of methoxy groups -OCH3 is 1. The number of ether oxygens (including phenoxy) is 2. The molecule has 1 aliphatic heterocycles. The lowest BCUT2D eigenvalue weighted by molar-refractivity contribution is -0.139. The quantitative estimate of drug-likeness (QED) is 0.231. The molecule has 240 valence electrons. The Morgan fingerprint density at radius 3 is 2.38 bits per heavy atom. The number of hydrogen-bond donors (Lipinski definition) is 1. The summed E-state index contributed by atoms with van der Waals surface area (Å²) >= 11 is 0. The van der Waals surface area contributed by atoms with Crippen molar-refractivity contribution < 1.29 is 40.2 Å². The summed E-state index contributed by atoms with van der Waals surface area (Å²) in [6.07, 6.45) is -7.67. The Bertz CT molecular complexity index is 1650. The normalized spacial score (nSPS) is 14.7. The molecule has 0 spiro atoms. The van der Waals surface area contributed by atoms with Crippen LogP contribution in [0.15, 0.2) is 58.0 Å². The fourth-order valence-corrected chi connectivity index (χ4v) is 4.57. The number of nitrogens with zero attached hydrogens (tertiary/aromatic N) is 6. The van der Waals surface area contributed by atoms with Crippen LogP contribution in [0.2, 0.25) is 0 Å². The van der Waals surface area contributed by atoms with Gasteiger partial charge in [-0.3, -0.25) is 4.79 Å². The summed E-state index contributed by atoms with van der Waals surface area (Å²) < 4.78 is 97.0. The van der Waals surface area contributed by atoms with Crippen molar-refractivity contribution in [3.05, 3.63) is 87.6 Å². The Hall–Kier alpha value is -4.67. The van der Waals surface area contributed by atoms with Gasteiger partial charge >= 0.3 is 12.4 Å². The van der Waals surface area contributed by atoms with Gasteiger partial charge in [-0.25, -0.2) is 9.67 Å². The molecule has 1 N–H and O–H groups in total. The first-order valence-electron chi connectivity index (χ1n) is 13.6. The Balaban J connectivity index is 1.13. The molecular weight excluding hydrogens is 612 g/mol. The second-order valence-corrected chi connectivity index (χ2v) is 10.3. The molecule has 5 rings (SSSR count). The zero-order chi connectivity index (χ0) is 32.4. The van der Waals surface area contributed by atoms with Crippen LogP contribution >= 0.6 is 0 Å². The predicted octanol–water partition coefficient (Wildman–Crippen LogP) is 4.74. The lowest BCUT2D eigenvalue weighted by Crippen LogP contribution is -2.45. The molecule has 1 fully saturated rings. The first kappa shape index (κ1) is 31.7. The Labute approximate surface area is 251 Å². The maximum atomic E-state index is 13.9. The number of alkyl halides is 6. The van der Waals surface area contributed by atoms with Crippen LogP contribution in [-0.2, 0) is 30.2 Å². The average molecular weight is 640 g/mol. The molecule has 0 amide bonds. The van der Waals surface area contributed by atoms with Gasteiger partial charge in [0.25, 0.3) is 5.56 Å². The van der Waals surface area contributed by atoms with Crippen LogP contribution < -0.4 is 20.5 Å². The minimum Gasteiger partial charge on any atom is -0.497 e. The highest BCUT2D eigenvalue weighted by Crippen LogP contribution is 2.34. The second-order valence-electron chi connectivity index (χ2n) is 10.3. The standard InChI is InChI=1S/C28H27F6N7O4/c1-16(37-21-10-36-41(26(42)24(21)28(32,33)34)11-17-3-6-20(43-2)7-4-17)14-44-15-23-38-39-25(45-23)18-12-40(13-18)22-8-5-19(9-35-22)27(29,30)31/h3-10,16,18,37H,11-15H2,1-2H3. The van der Waals surface area contributed by atoms with E-state index in [9.17, 15) is 31.1 Å². The maximum absolute atomic E-state index is 13.9. The molecule has 1 atom stereocenters. The molecule has 45 heavy (non-hydrogen) atoms. The minimum absolute atomic E-state index is 0.0687. The summed E-state index contributed by atoms with van der Waals surface area (Å²) in [6, 6.07) is 8.10. The molecule has 0 radical (unpaired) electrons. The average Bonchev–Trinajstić information content (AvgIpc) is 3.41. The van der Waals surface area contributed by atoms with E-state index in [4.69, 9.17) is 13.9 Å². The number of nitrogens with one attached hydrogen (secondary N) is 1. The van der Waals surface area contributed by atoms with Gasteiger partial charge < -0.3 is 24.1 Å². The second kappa shape index (κ2) is 12.7. The number of pyridine rings is 1. The molecular formula is C28H27F6N7O4. The highest BCUT2D eigenvalue weighted by atomic mass is 19.4. The van der Waals surface area contributed by atoms with E-state index in [1.54, 1.807) is 36.1 Å². The van der Waals surface area contributed by atoms with Crippen molar-refractivity contribution in [1.82, 2.24) is 25.0 Å². The van der Waals surface area contributed by atoms with E-state index in [0.717, 1.165) is 23.1 Å². The molecule has 0 bridgehead atoms. The van der Waals surface area contributed by atoms with Crippen molar-refractivity contribution in [3.63, 3.8) is 0 Å². The van der Waals surface area contributed by atoms with E-state index in [1.165, 1.54) is 13.2 Å². The third kappa shape index (κ3) is 7.53. The number of anilines is 2. The molecule has 3 aromatic heterocycles. The lowest BCUT2D eigenvalue weighted by atomic mass is 10.0. The van der Waals surface area contributed by atoms with Crippen molar-refractivity contribution in [2.75, 3.05) is 37.0 Å². The molecule has 11 nitrogen and oxygen atoms in total. The van der Waals surface area contributed by atoms with Gasteiger partial charge in [0.05, 0.1) is 43.6 Å². The molecule has 1 aromatic carbocycles. The summed E-state index contributed by atoms with van der Waals surface area (Å²) in [5, 5.41) is 14.5. The number of aromatic nitrogens is 5. The monoisotopic (exact) mass is 639 g/mol. The Morgan fingerprint density at radius 1 is 1.02 bits per heavy atom. The van der Waals surface area contributed by atoms with Gasteiger partial charge in [0.15, 0.2) is 0 Å². The van der Waals surface area contributed by atoms with E-state index in [0.29, 0.717) is 36.1 Å². The molecule has 4 heterocycles. The van der Waals surface area contributed by atoms with Crippen molar-refractivity contribution in [2.45, 2.75) is 44.4 Å². The Kier molecular flexibility index (Phi) is 8.99. The van der Waals surface area contributed by atoms with Gasteiger partial charge in [0, 0.05) is 25.3 Å². The third-order valence-corrected chi connectivity index (χ3v) is 6.93. The largest absolute Gasteiger partial charge is 0.497 e. The summed E-state index contributed by atoms with van der Waals surface area (Å²) in [4.78, 5) is 18.4. The van der Waals surface area contributed by atoms with Crippen LogP contribution in [0.4, 0.5) is 37.8 Å². The van der Waals surface area contributed by atoms with Crippen LogP contribution in [0.3, 0.4) is 0 Å². The van der Waals surface area contributed by atoms with E-state index < -0.39 is 40.8 Å². The first-order chi connectivity index (χ1) is 21.3. The van der Waals surface area contributed by atoms with Crippen molar-refractivity contribution in [2.24, 2.45) is 0 Å². The number of rotatable bonds is 11. The SMILES string of the molecule is COc1ccc(Cn2ncc(NC(C)COCc3nnc(C4CN(c5ccc(C(F)(F)F)cn5)C4)o3)c(C(F)(F)F)c2=O)cc1. The number of halogens is 6. The topological polar surface area (TPSA) is 120 Å². The number of benzene rings is 1. The van der Waals surface area contributed by atoms with Gasteiger partial charge in [0.1, 0.15) is 23.7 Å². The van der Waals surface area contributed by atoms with Crippen molar-refractivity contribution in [3.8, 4) is 5.75 Å². The Morgan fingerprint density at radius 2 is 1.76 bits per heavy atom. The first-order valence-corrected chi connectivity index (χ1v) is 13.6. The maximum Gasteiger partial charge on any atom is 0.423 e. The van der Waals surface area contributed by atoms with Crippen LogP contribution in [0.25, 0.3) is 0 Å². The van der Waals surface area contributed by atoms with Crippen LogP contribution in [-0.4, -0.2) is 57.8 Å². The zero-order valence-corrected chi connectivity index (χ0v) is 23.9. The summed E-state index contributed by atoms with van der Waals surface area (Å²) in [7, 11) is 1.48. The molecule has 0 aliphatic carbocycles. The fraction of sp³-hybridized carbons (Fsp3) is 0.393. The van der Waals surface area contributed by atoms with Gasteiger partial charge in [-0.05, 0) is 36.8 Å². The van der Waals surface area contributed by atoms with Gasteiger partial charge in [-0.15, -0.1) is 10.2 Å². The molecule has 1 aliphatic rings. The van der Waals surface area contributed by atoms with Crippen LogP contribution in [0.1, 0.15) is 41.3 Å². The minimum atomic E-state index is -4.94. The van der Waals surface area contributed by atoms with Crippen LogP contribution in [0.5, 0.6) is 5.75 Å². The van der Waals surface area contributed by atoms with E-state index >= 15 is 0 Å². The number of hydrogen-bond acceptors (Lipinski definition) is 10. The van der Waals surface area contributed by atoms with Gasteiger partial charge in [-0.2, -0.15) is 31.4 Å². The fourth-order valence-electron chi connectivity index (χ4n) is 4.57. The van der Waals surface area contributed by atoms with Gasteiger partial charge in [-0.1, -0.05) is 12.1 Å². The smallest absolute Gasteiger partial charge is 0.423 e. The molecule has 1 unspecified atom stereocenters. The van der Waals surface area contributed by atoms with E-state index in [2.05, 4.69) is 25.6 Å². The summed E-state index contributed by atoms with van der Waals surface area (Å²) in [5.41, 5.74) is -3.42. The van der Waals surface area contributed by atoms with Crippen molar-refractivity contribution in [1.29, 1.82) is 0 Å². The predicted molar refractivity (Wildman–Crippen MR) is 147 cm³/mol. The lowest BCUT2D eigenvalue weighted by Gasteiger charge is -2.38. The van der Waals surface area contributed by atoms with E-state index in [1.807, 2.05) is 0 Å². The molecule has 4 aromatic rings. The summed E-state index contributed by atoms with van der Waals surface area (Å²) in [6.45, 7) is 2.04. The molecule has 1 saturated heterocycles. The zero-order valence-electron chi connectivity index (χ0n) is 23.9. The van der Waals surface area contributed by atoms with Crippen molar-refractivity contribution >= 4 is 11.5 Å². The van der Waals surface area contributed by atoms with E-state index in [-0.39, 0.29) is 31.6 Å². The van der Waals surface area contributed by atoms with Gasteiger partial charge in [0.2, 0.25) is 11.8 Å². The van der Waals surface area contributed by atoms with Crippen LogP contribution in [0, 0.1) is 0 Å². The highest BCUT2D eigenvalue weighted by molar-refractivity contribution is 5.50.